The van der Waals surface area contributed by atoms with Crippen LogP contribution < -0.4 is 19.5 Å². The van der Waals surface area contributed by atoms with Crippen LogP contribution in [0.5, 0.6) is 17.2 Å². The van der Waals surface area contributed by atoms with Crippen molar-refractivity contribution >= 4 is 17.7 Å². The highest BCUT2D eigenvalue weighted by atomic mass is 16.5. The second-order valence-electron chi connectivity index (χ2n) is 8.99. The molecule has 8 nitrogen and oxygen atoms in total. The lowest BCUT2D eigenvalue weighted by Crippen LogP contribution is -2.33. The highest BCUT2D eigenvalue weighted by Gasteiger charge is 2.27. The maximum atomic E-state index is 13.2. The molecule has 3 aromatic rings. The van der Waals surface area contributed by atoms with Crippen molar-refractivity contribution in [3.63, 3.8) is 0 Å². The average molecular weight is 520 g/mol. The number of amides is 1. The van der Waals surface area contributed by atoms with Gasteiger partial charge >= 0.3 is 5.97 Å². The minimum Gasteiger partial charge on any atom is -0.493 e. The lowest BCUT2D eigenvalue weighted by molar-refractivity contribution is -0.142. The Bertz CT molecular complexity index is 1230. The number of benzene rings is 3. The number of Topliss-reactive ketones (excluding diaryl/α,β-unsaturated/α-hetero) is 1. The standard InChI is InChI=1S/C30H33NO7/c1-19(30(34)35)14-24(17-25(32)23-12-10-22(11-13-23)21-8-6-5-7-9-21)29(33)31-18-20-15-26(36-2)28(38-4)27(16-20)37-3/h5-13,15-16,19,24H,14,17-18H2,1-4H3,(H,31,33)(H,34,35)/t19-,24+/m0/s1. The van der Waals surface area contributed by atoms with Crippen molar-refractivity contribution in [2.75, 3.05) is 21.3 Å². The first-order chi connectivity index (χ1) is 18.3. The highest BCUT2D eigenvalue weighted by Crippen LogP contribution is 2.38. The Kier molecular flexibility index (Phi) is 9.87. The van der Waals surface area contributed by atoms with Gasteiger partial charge in [-0.1, -0.05) is 61.5 Å². The minimum absolute atomic E-state index is 0.0320. The summed E-state index contributed by atoms with van der Waals surface area (Å²) in [7, 11) is 4.50. The van der Waals surface area contributed by atoms with Crippen LogP contribution in [0, 0.1) is 11.8 Å². The zero-order valence-electron chi connectivity index (χ0n) is 22.0. The second kappa shape index (κ2) is 13.3. The predicted octanol–water partition coefficient (Wildman–Crippen LogP) is 5.00. The quantitative estimate of drug-likeness (QED) is 0.306. The molecule has 1 amide bonds. The number of nitrogens with one attached hydrogen (secondary N) is 1. The molecule has 3 aromatic carbocycles. The van der Waals surface area contributed by atoms with Gasteiger partial charge in [0.15, 0.2) is 17.3 Å². The molecule has 200 valence electrons. The summed E-state index contributed by atoms with van der Waals surface area (Å²) in [6.07, 6.45) is -0.0757. The number of carbonyl (C=O) groups is 3. The van der Waals surface area contributed by atoms with Gasteiger partial charge in [-0.05, 0) is 35.2 Å². The first-order valence-electron chi connectivity index (χ1n) is 12.2. The van der Waals surface area contributed by atoms with Crippen molar-refractivity contribution in [1.82, 2.24) is 5.32 Å². The monoisotopic (exact) mass is 519 g/mol. The molecule has 2 N–H and O–H groups in total. The average Bonchev–Trinajstić information content (AvgIpc) is 2.95. The molecule has 38 heavy (non-hydrogen) atoms. The largest absolute Gasteiger partial charge is 0.493 e. The molecule has 0 saturated carbocycles. The molecule has 0 aliphatic carbocycles. The van der Waals surface area contributed by atoms with Crippen LogP contribution in [0.25, 0.3) is 11.1 Å². The molecule has 3 rings (SSSR count). The number of methoxy groups -OCH3 is 3. The van der Waals surface area contributed by atoms with Crippen molar-refractivity contribution in [3.8, 4) is 28.4 Å². The topological polar surface area (TPSA) is 111 Å². The Morgan fingerprint density at radius 2 is 1.42 bits per heavy atom. The first kappa shape index (κ1) is 28.2. The molecule has 0 unspecified atom stereocenters. The van der Waals surface area contributed by atoms with E-state index in [0.29, 0.717) is 28.4 Å². The molecule has 0 saturated heterocycles. The Balaban J connectivity index is 1.74. The number of carbonyl (C=O) groups excluding carboxylic acids is 2. The van der Waals surface area contributed by atoms with Gasteiger partial charge in [-0.25, -0.2) is 0 Å². The smallest absolute Gasteiger partial charge is 0.306 e. The van der Waals surface area contributed by atoms with Gasteiger partial charge in [0.2, 0.25) is 11.7 Å². The third-order valence-corrected chi connectivity index (χ3v) is 6.37. The van der Waals surface area contributed by atoms with E-state index in [-0.39, 0.29) is 25.2 Å². The van der Waals surface area contributed by atoms with Gasteiger partial charge in [0.05, 0.1) is 27.2 Å². The fraction of sp³-hybridized carbons (Fsp3) is 0.300. The molecule has 0 heterocycles. The number of aliphatic carboxylic acids is 1. The van der Waals surface area contributed by atoms with Crippen LogP contribution in [0.1, 0.15) is 35.7 Å². The van der Waals surface area contributed by atoms with Crippen LogP contribution in [0.2, 0.25) is 0 Å². The molecule has 0 bridgehead atoms. The Morgan fingerprint density at radius 1 is 0.842 bits per heavy atom. The zero-order valence-corrected chi connectivity index (χ0v) is 22.0. The molecular weight excluding hydrogens is 486 g/mol. The van der Waals surface area contributed by atoms with Gasteiger partial charge in [-0.2, -0.15) is 0 Å². The summed E-state index contributed by atoms with van der Waals surface area (Å²) in [5, 5.41) is 12.3. The Hall–Kier alpha value is -4.33. The van der Waals surface area contributed by atoms with E-state index in [1.54, 1.807) is 24.3 Å². The summed E-state index contributed by atoms with van der Waals surface area (Å²) in [6.45, 7) is 1.66. The molecule has 0 aromatic heterocycles. The zero-order chi connectivity index (χ0) is 27.7. The number of hydrogen-bond acceptors (Lipinski definition) is 6. The molecule has 0 aliphatic rings. The summed E-state index contributed by atoms with van der Waals surface area (Å²) in [4.78, 5) is 37.8. The van der Waals surface area contributed by atoms with E-state index in [2.05, 4.69) is 5.32 Å². The van der Waals surface area contributed by atoms with Crippen LogP contribution in [0.15, 0.2) is 66.7 Å². The number of ether oxygens (including phenoxy) is 3. The number of rotatable bonds is 13. The molecule has 0 fully saturated rings. The number of carboxylic acids is 1. The molecular formula is C30H33NO7. The van der Waals surface area contributed by atoms with Crippen LogP contribution >= 0.6 is 0 Å². The van der Waals surface area contributed by atoms with Gasteiger partial charge in [-0.15, -0.1) is 0 Å². The van der Waals surface area contributed by atoms with E-state index in [0.717, 1.165) is 11.1 Å². The summed E-state index contributed by atoms with van der Waals surface area (Å²) >= 11 is 0. The molecule has 0 radical (unpaired) electrons. The predicted molar refractivity (Wildman–Crippen MR) is 144 cm³/mol. The summed E-state index contributed by atoms with van der Waals surface area (Å²) in [5.41, 5.74) is 3.17. The van der Waals surface area contributed by atoms with Crippen LogP contribution in [-0.4, -0.2) is 44.1 Å². The minimum atomic E-state index is -1.02. The molecule has 2 atom stereocenters. The molecule has 0 aliphatic heterocycles. The van der Waals surface area contributed by atoms with Crippen molar-refractivity contribution in [2.24, 2.45) is 11.8 Å². The van der Waals surface area contributed by atoms with Gasteiger partial charge in [0, 0.05) is 24.4 Å². The van der Waals surface area contributed by atoms with Crippen molar-refractivity contribution < 1.29 is 33.7 Å². The normalized spacial score (nSPS) is 12.2. The lowest BCUT2D eigenvalue weighted by atomic mass is 9.88. The fourth-order valence-electron chi connectivity index (χ4n) is 4.20. The van der Waals surface area contributed by atoms with Gasteiger partial charge in [0.1, 0.15) is 0 Å². The van der Waals surface area contributed by atoms with E-state index in [4.69, 9.17) is 14.2 Å². The maximum Gasteiger partial charge on any atom is 0.306 e. The van der Waals surface area contributed by atoms with Crippen molar-refractivity contribution in [2.45, 2.75) is 26.3 Å². The van der Waals surface area contributed by atoms with Crippen LogP contribution in [0.3, 0.4) is 0 Å². The van der Waals surface area contributed by atoms with Gasteiger partial charge < -0.3 is 24.6 Å². The summed E-state index contributed by atoms with van der Waals surface area (Å²) in [5.74, 6) is -1.93. The van der Waals surface area contributed by atoms with E-state index in [9.17, 15) is 19.5 Å². The van der Waals surface area contributed by atoms with Crippen LogP contribution in [0.4, 0.5) is 0 Å². The third-order valence-electron chi connectivity index (χ3n) is 6.37. The summed E-state index contributed by atoms with van der Waals surface area (Å²) < 4.78 is 16.1. The molecule has 0 spiro atoms. The summed E-state index contributed by atoms with van der Waals surface area (Å²) in [6, 6.07) is 20.4. The Labute approximate surface area is 222 Å². The van der Waals surface area contributed by atoms with Gasteiger partial charge in [0.25, 0.3) is 0 Å². The highest BCUT2D eigenvalue weighted by molar-refractivity contribution is 5.99. The van der Waals surface area contributed by atoms with E-state index in [1.807, 2.05) is 42.5 Å². The van der Waals surface area contributed by atoms with Gasteiger partial charge in [-0.3, -0.25) is 14.4 Å². The lowest BCUT2D eigenvalue weighted by Gasteiger charge is -2.19. The number of carboxylic acid groups (broad SMARTS) is 1. The van der Waals surface area contributed by atoms with Crippen LogP contribution in [-0.2, 0) is 16.1 Å². The fourth-order valence-corrected chi connectivity index (χ4v) is 4.20. The van der Waals surface area contributed by atoms with E-state index >= 15 is 0 Å². The third kappa shape index (κ3) is 7.12. The maximum absolute atomic E-state index is 13.2. The number of hydrogen-bond donors (Lipinski definition) is 2. The van der Waals surface area contributed by atoms with E-state index in [1.165, 1.54) is 28.3 Å². The molecule has 8 heteroatoms. The van der Waals surface area contributed by atoms with E-state index < -0.39 is 23.7 Å². The first-order valence-corrected chi connectivity index (χ1v) is 12.2. The number of ketones is 1. The van der Waals surface area contributed by atoms with Crippen molar-refractivity contribution in [3.05, 3.63) is 77.9 Å². The van der Waals surface area contributed by atoms with Crippen molar-refractivity contribution in [1.29, 1.82) is 0 Å². The SMILES string of the molecule is COc1cc(CNC(=O)[C@@H](CC(=O)c2ccc(-c3ccccc3)cc2)C[C@H](C)C(=O)O)cc(OC)c1OC. The Morgan fingerprint density at radius 3 is 1.95 bits per heavy atom. The second-order valence-corrected chi connectivity index (χ2v) is 8.99.